The van der Waals surface area contributed by atoms with Crippen LogP contribution in [0.15, 0.2) is 24.3 Å². The smallest absolute Gasteiger partial charge is 0.132 e. The normalized spacial score (nSPS) is 11.6. The predicted molar refractivity (Wildman–Crippen MR) is 65.0 cm³/mol. The van der Waals surface area contributed by atoms with Crippen LogP contribution in [0, 0.1) is 5.82 Å². The van der Waals surface area contributed by atoms with Crippen molar-refractivity contribution < 1.29 is 4.39 Å². The number of aromatic nitrogens is 1. The number of nitrogens with zero attached hydrogens (tertiary/aromatic N) is 1. The molecule has 0 aliphatic heterocycles. The Morgan fingerprint density at radius 3 is 2.75 bits per heavy atom. The first-order chi connectivity index (χ1) is 7.65. The lowest BCUT2D eigenvalue weighted by Crippen LogP contribution is -2.12. The minimum atomic E-state index is -0.144. The van der Waals surface area contributed by atoms with Gasteiger partial charge in [0.25, 0.3) is 0 Å². The summed E-state index contributed by atoms with van der Waals surface area (Å²) >= 11 is 0. The Balaban J connectivity index is 2.70. The molecule has 2 nitrogen and oxygen atoms in total. The SMILES string of the molecule is CNCc1cc2c(F)cccc2n1C(C)C. The van der Waals surface area contributed by atoms with E-state index in [9.17, 15) is 4.39 Å². The van der Waals surface area contributed by atoms with Crippen molar-refractivity contribution in [2.75, 3.05) is 7.05 Å². The molecule has 1 aromatic heterocycles. The largest absolute Gasteiger partial charge is 0.341 e. The summed E-state index contributed by atoms with van der Waals surface area (Å²) in [7, 11) is 1.90. The summed E-state index contributed by atoms with van der Waals surface area (Å²) in [4.78, 5) is 0. The van der Waals surface area contributed by atoms with Gasteiger partial charge in [0.2, 0.25) is 0 Å². The van der Waals surface area contributed by atoms with Crippen molar-refractivity contribution in [2.45, 2.75) is 26.4 Å². The van der Waals surface area contributed by atoms with Crippen molar-refractivity contribution >= 4 is 10.9 Å². The average molecular weight is 220 g/mol. The Kier molecular flexibility index (Phi) is 2.97. The first kappa shape index (κ1) is 11.1. The van der Waals surface area contributed by atoms with Crippen molar-refractivity contribution in [3.8, 4) is 0 Å². The van der Waals surface area contributed by atoms with E-state index in [2.05, 4.69) is 23.7 Å². The monoisotopic (exact) mass is 220 g/mol. The molecular weight excluding hydrogens is 203 g/mol. The van der Waals surface area contributed by atoms with E-state index in [4.69, 9.17) is 0 Å². The van der Waals surface area contributed by atoms with Gasteiger partial charge in [-0.2, -0.15) is 0 Å². The highest BCUT2D eigenvalue weighted by Gasteiger charge is 2.12. The van der Waals surface area contributed by atoms with Gasteiger partial charge in [-0.25, -0.2) is 4.39 Å². The maximum absolute atomic E-state index is 13.6. The lowest BCUT2D eigenvalue weighted by atomic mass is 10.2. The Bertz CT molecular complexity index is 500. The van der Waals surface area contributed by atoms with Gasteiger partial charge in [0.1, 0.15) is 5.82 Å². The molecule has 0 fully saturated rings. The molecular formula is C13H17FN2. The van der Waals surface area contributed by atoms with Gasteiger partial charge < -0.3 is 9.88 Å². The van der Waals surface area contributed by atoms with Crippen molar-refractivity contribution in [3.63, 3.8) is 0 Å². The van der Waals surface area contributed by atoms with Gasteiger partial charge in [0.15, 0.2) is 0 Å². The van der Waals surface area contributed by atoms with Gasteiger partial charge in [0, 0.05) is 23.7 Å². The van der Waals surface area contributed by atoms with E-state index in [-0.39, 0.29) is 5.82 Å². The molecule has 2 rings (SSSR count). The molecule has 0 aliphatic rings. The van der Waals surface area contributed by atoms with Gasteiger partial charge in [-0.15, -0.1) is 0 Å². The van der Waals surface area contributed by atoms with E-state index in [0.29, 0.717) is 11.4 Å². The van der Waals surface area contributed by atoms with E-state index < -0.39 is 0 Å². The summed E-state index contributed by atoms with van der Waals surface area (Å²) in [5.74, 6) is -0.144. The summed E-state index contributed by atoms with van der Waals surface area (Å²) in [5.41, 5.74) is 2.10. The molecule has 0 aliphatic carbocycles. The summed E-state index contributed by atoms with van der Waals surface area (Å²) < 4.78 is 15.8. The Labute approximate surface area is 95.1 Å². The molecule has 0 bridgehead atoms. The van der Waals surface area contributed by atoms with E-state index in [1.807, 2.05) is 19.2 Å². The van der Waals surface area contributed by atoms with Crippen LogP contribution in [0.2, 0.25) is 0 Å². The Morgan fingerprint density at radius 2 is 2.12 bits per heavy atom. The maximum Gasteiger partial charge on any atom is 0.132 e. The minimum absolute atomic E-state index is 0.144. The molecule has 0 spiro atoms. The number of nitrogens with one attached hydrogen (secondary N) is 1. The second-order valence-electron chi connectivity index (χ2n) is 4.30. The van der Waals surface area contributed by atoms with Crippen molar-refractivity contribution in [1.82, 2.24) is 9.88 Å². The van der Waals surface area contributed by atoms with Crippen molar-refractivity contribution in [3.05, 3.63) is 35.8 Å². The fourth-order valence-electron chi connectivity index (χ4n) is 2.20. The molecule has 2 aromatic rings. The standard InChI is InChI=1S/C13H17FN2/c1-9(2)16-10(8-15-3)7-11-12(14)5-4-6-13(11)16/h4-7,9,15H,8H2,1-3H3. The maximum atomic E-state index is 13.6. The van der Waals surface area contributed by atoms with Crippen LogP contribution in [0.1, 0.15) is 25.6 Å². The molecule has 1 N–H and O–H groups in total. The van der Waals surface area contributed by atoms with Crippen LogP contribution in [0.5, 0.6) is 0 Å². The van der Waals surface area contributed by atoms with Crippen molar-refractivity contribution in [2.24, 2.45) is 0 Å². The third-order valence-corrected chi connectivity index (χ3v) is 2.78. The van der Waals surface area contributed by atoms with E-state index >= 15 is 0 Å². The molecule has 0 saturated heterocycles. The second kappa shape index (κ2) is 4.26. The van der Waals surface area contributed by atoms with Crippen LogP contribution in [-0.4, -0.2) is 11.6 Å². The number of benzene rings is 1. The average Bonchev–Trinajstić information content (AvgIpc) is 2.58. The van der Waals surface area contributed by atoms with Gasteiger partial charge in [0.05, 0.1) is 5.52 Å². The molecule has 1 heterocycles. The van der Waals surface area contributed by atoms with Crippen LogP contribution in [0.4, 0.5) is 4.39 Å². The van der Waals surface area contributed by atoms with Crippen LogP contribution < -0.4 is 5.32 Å². The van der Waals surface area contributed by atoms with Crippen LogP contribution >= 0.6 is 0 Å². The molecule has 0 saturated carbocycles. The van der Waals surface area contributed by atoms with Gasteiger partial charge >= 0.3 is 0 Å². The van der Waals surface area contributed by atoms with E-state index in [1.165, 1.54) is 6.07 Å². The van der Waals surface area contributed by atoms with Crippen LogP contribution in [-0.2, 0) is 6.54 Å². The number of halogens is 1. The highest BCUT2D eigenvalue weighted by molar-refractivity contribution is 5.82. The quantitative estimate of drug-likeness (QED) is 0.841. The first-order valence-corrected chi connectivity index (χ1v) is 5.58. The zero-order valence-electron chi connectivity index (χ0n) is 9.92. The van der Waals surface area contributed by atoms with Crippen molar-refractivity contribution in [1.29, 1.82) is 0 Å². The third kappa shape index (κ3) is 1.71. The van der Waals surface area contributed by atoms with Gasteiger partial charge in [-0.3, -0.25) is 0 Å². The van der Waals surface area contributed by atoms with Crippen LogP contribution in [0.25, 0.3) is 10.9 Å². The Morgan fingerprint density at radius 1 is 1.38 bits per heavy atom. The molecule has 1 aromatic carbocycles. The molecule has 0 atom stereocenters. The number of hydrogen-bond acceptors (Lipinski definition) is 1. The van der Waals surface area contributed by atoms with Gasteiger partial charge in [-0.1, -0.05) is 6.07 Å². The third-order valence-electron chi connectivity index (χ3n) is 2.78. The highest BCUT2D eigenvalue weighted by atomic mass is 19.1. The first-order valence-electron chi connectivity index (χ1n) is 5.58. The summed E-state index contributed by atoms with van der Waals surface area (Å²) in [6, 6.07) is 7.51. The van der Waals surface area contributed by atoms with Gasteiger partial charge in [-0.05, 0) is 39.1 Å². The zero-order chi connectivity index (χ0) is 11.7. The highest BCUT2D eigenvalue weighted by Crippen LogP contribution is 2.26. The molecule has 0 amide bonds. The molecule has 0 unspecified atom stereocenters. The summed E-state index contributed by atoms with van der Waals surface area (Å²) in [6.45, 7) is 4.99. The predicted octanol–water partition coefficient (Wildman–Crippen LogP) is 3.08. The summed E-state index contributed by atoms with van der Waals surface area (Å²) in [6.07, 6.45) is 0. The second-order valence-corrected chi connectivity index (χ2v) is 4.30. The topological polar surface area (TPSA) is 17.0 Å². The zero-order valence-corrected chi connectivity index (χ0v) is 9.92. The van der Waals surface area contributed by atoms with E-state index in [0.717, 1.165) is 17.8 Å². The number of hydrogen-bond donors (Lipinski definition) is 1. The van der Waals surface area contributed by atoms with Crippen LogP contribution in [0.3, 0.4) is 0 Å². The molecule has 3 heteroatoms. The molecule has 86 valence electrons. The Hall–Kier alpha value is -1.35. The minimum Gasteiger partial charge on any atom is -0.341 e. The summed E-state index contributed by atoms with van der Waals surface area (Å²) in [5, 5.41) is 3.83. The number of rotatable bonds is 3. The van der Waals surface area contributed by atoms with E-state index in [1.54, 1.807) is 6.07 Å². The fraction of sp³-hybridized carbons (Fsp3) is 0.385. The molecule has 16 heavy (non-hydrogen) atoms. The molecule has 0 radical (unpaired) electrons. The lowest BCUT2D eigenvalue weighted by Gasteiger charge is -2.14. The fourth-order valence-corrected chi connectivity index (χ4v) is 2.20. The lowest BCUT2D eigenvalue weighted by molar-refractivity contribution is 0.581. The number of fused-ring (bicyclic) bond motifs is 1.